The molecule has 3 aromatic rings. The van der Waals surface area contributed by atoms with Gasteiger partial charge in [-0.25, -0.2) is 9.97 Å². The van der Waals surface area contributed by atoms with Crippen molar-refractivity contribution < 1.29 is 4.92 Å². The summed E-state index contributed by atoms with van der Waals surface area (Å²) < 4.78 is 0. The molecule has 0 saturated carbocycles. The third kappa shape index (κ3) is 3.15. The maximum absolute atomic E-state index is 11.4. The van der Waals surface area contributed by atoms with Crippen LogP contribution in [0.25, 0.3) is 10.2 Å². The number of rotatable bonds is 3. The standard InChI is InChI=1S/C18H16N6O2S/c1-12-8-14-17(20-11-21-18(14)27-12)23-6-4-22(5-7-23)15-3-2-13(10-19)9-16(15)24(25)26/h2-3,8-9,11H,4-7H2,1H3. The second-order valence-corrected chi connectivity index (χ2v) is 7.55. The number of nitriles is 1. The Bertz CT molecular complexity index is 1070. The molecule has 2 aromatic heterocycles. The van der Waals surface area contributed by atoms with Gasteiger partial charge in [-0.2, -0.15) is 5.26 Å². The number of hydrogen-bond donors (Lipinski definition) is 0. The summed E-state index contributed by atoms with van der Waals surface area (Å²) in [6, 6.07) is 8.68. The highest BCUT2D eigenvalue weighted by Crippen LogP contribution is 2.33. The predicted molar refractivity (Wildman–Crippen MR) is 104 cm³/mol. The first kappa shape index (κ1) is 17.2. The number of fused-ring (bicyclic) bond motifs is 1. The lowest BCUT2D eigenvalue weighted by atomic mass is 10.1. The highest BCUT2D eigenvalue weighted by molar-refractivity contribution is 7.18. The van der Waals surface area contributed by atoms with Crippen LogP contribution in [-0.2, 0) is 0 Å². The van der Waals surface area contributed by atoms with Crippen molar-refractivity contribution in [3.8, 4) is 6.07 Å². The minimum atomic E-state index is -0.426. The average molecular weight is 380 g/mol. The summed E-state index contributed by atoms with van der Waals surface area (Å²) >= 11 is 1.65. The molecule has 27 heavy (non-hydrogen) atoms. The number of anilines is 2. The third-order valence-corrected chi connectivity index (χ3v) is 5.61. The first-order valence-corrected chi connectivity index (χ1v) is 9.28. The molecule has 4 rings (SSSR count). The van der Waals surface area contributed by atoms with Crippen LogP contribution in [0.3, 0.4) is 0 Å². The molecule has 0 aliphatic carbocycles. The summed E-state index contributed by atoms with van der Waals surface area (Å²) in [6.07, 6.45) is 1.59. The average Bonchev–Trinajstić information content (AvgIpc) is 3.07. The van der Waals surface area contributed by atoms with Gasteiger partial charge in [0.1, 0.15) is 22.7 Å². The molecule has 1 aliphatic rings. The van der Waals surface area contributed by atoms with Gasteiger partial charge in [0.15, 0.2) is 0 Å². The van der Waals surface area contributed by atoms with Crippen molar-refractivity contribution in [3.05, 3.63) is 51.1 Å². The van der Waals surface area contributed by atoms with Gasteiger partial charge >= 0.3 is 0 Å². The second kappa shape index (κ2) is 6.81. The molecule has 8 nitrogen and oxygen atoms in total. The Balaban J connectivity index is 1.57. The van der Waals surface area contributed by atoms with E-state index in [2.05, 4.69) is 27.9 Å². The fraction of sp³-hybridized carbons (Fsp3) is 0.278. The van der Waals surface area contributed by atoms with Gasteiger partial charge in [0.2, 0.25) is 0 Å². The molecule has 0 unspecified atom stereocenters. The van der Waals surface area contributed by atoms with E-state index in [9.17, 15) is 10.1 Å². The largest absolute Gasteiger partial charge is 0.362 e. The summed E-state index contributed by atoms with van der Waals surface area (Å²) in [5.41, 5.74) is 0.818. The van der Waals surface area contributed by atoms with Crippen LogP contribution in [0.2, 0.25) is 0 Å². The van der Waals surface area contributed by atoms with E-state index in [1.165, 1.54) is 10.9 Å². The van der Waals surface area contributed by atoms with E-state index in [-0.39, 0.29) is 5.69 Å². The normalized spacial score (nSPS) is 14.4. The maximum Gasteiger partial charge on any atom is 0.293 e. The number of nitro groups is 1. The van der Waals surface area contributed by atoms with Gasteiger partial charge < -0.3 is 9.80 Å². The fourth-order valence-corrected chi connectivity index (χ4v) is 4.22. The molecular weight excluding hydrogens is 364 g/mol. The predicted octanol–water partition coefficient (Wildman–Crippen LogP) is 3.11. The highest BCUT2D eigenvalue weighted by Gasteiger charge is 2.25. The molecule has 0 amide bonds. The number of benzene rings is 1. The number of aromatic nitrogens is 2. The Morgan fingerprint density at radius 1 is 1.19 bits per heavy atom. The van der Waals surface area contributed by atoms with Crippen molar-refractivity contribution in [1.29, 1.82) is 5.26 Å². The third-order valence-electron chi connectivity index (χ3n) is 4.65. The minimum Gasteiger partial charge on any atom is -0.362 e. The lowest BCUT2D eigenvalue weighted by molar-refractivity contribution is -0.384. The molecule has 136 valence electrons. The molecule has 9 heteroatoms. The first-order valence-electron chi connectivity index (χ1n) is 8.46. The van der Waals surface area contributed by atoms with Gasteiger partial charge in [-0.05, 0) is 25.1 Å². The van der Waals surface area contributed by atoms with Crippen molar-refractivity contribution in [2.24, 2.45) is 0 Å². The molecule has 1 aromatic carbocycles. The quantitative estimate of drug-likeness (QED) is 0.508. The lowest BCUT2D eigenvalue weighted by Gasteiger charge is -2.36. The van der Waals surface area contributed by atoms with E-state index < -0.39 is 4.92 Å². The zero-order valence-corrected chi connectivity index (χ0v) is 15.4. The van der Waals surface area contributed by atoms with E-state index >= 15 is 0 Å². The number of thiophene rings is 1. The van der Waals surface area contributed by atoms with Crippen molar-refractivity contribution in [2.45, 2.75) is 6.92 Å². The molecule has 1 aliphatic heterocycles. The smallest absolute Gasteiger partial charge is 0.293 e. The van der Waals surface area contributed by atoms with Gasteiger partial charge in [0.25, 0.3) is 5.69 Å². The Morgan fingerprint density at radius 3 is 2.63 bits per heavy atom. The fourth-order valence-electron chi connectivity index (χ4n) is 3.38. The highest BCUT2D eigenvalue weighted by atomic mass is 32.1. The Hall–Kier alpha value is -3.25. The molecule has 1 saturated heterocycles. The van der Waals surface area contributed by atoms with Crippen LogP contribution in [0.15, 0.2) is 30.6 Å². The van der Waals surface area contributed by atoms with Crippen molar-refractivity contribution >= 4 is 38.7 Å². The monoisotopic (exact) mass is 380 g/mol. The molecule has 0 radical (unpaired) electrons. The van der Waals surface area contributed by atoms with Crippen molar-refractivity contribution in [2.75, 3.05) is 36.0 Å². The number of nitro benzene ring substituents is 1. The summed E-state index contributed by atoms with van der Waals surface area (Å²) in [7, 11) is 0. The molecule has 0 atom stereocenters. The Kier molecular flexibility index (Phi) is 4.33. The molecule has 1 fully saturated rings. The van der Waals surface area contributed by atoms with Crippen LogP contribution in [0.4, 0.5) is 17.2 Å². The van der Waals surface area contributed by atoms with E-state index in [1.54, 1.807) is 29.8 Å². The zero-order valence-electron chi connectivity index (χ0n) is 14.6. The molecule has 0 N–H and O–H groups in total. The van der Waals surface area contributed by atoms with Crippen molar-refractivity contribution in [1.82, 2.24) is 9.97 Å². The number of piperazine rings is 1. The Labute approximate surface area is 159 Å². The molecule has 3 heterocycles. The summed E-state index contributed by atoms with van der Waals surface area (Å²) in [4.78, 5) is 26.1. The molecule has 0 spiro atoms. The summed E-state index contributed by atoms with van der Waals surface area (Å²) in [6.45, 7) is 4.75. The number of hydrogen-bond acceptors (Lipinski definition) is 8. The van der Waals surface area contributed by atoms with Gasteiger partial charge in [0, 0.05) is 37.1 Å². The van der Waals surface area contributed by atoms with Crippen LogP contribution >= 0.6 is 11.3 Å². The van der Waals surface area contributed by atoms with Crippen molar-refractivity contribution in [3.63, 3.8) is 0 Å². The topological polar surface area (TPSA) is 99.2 Å². The lowest BCUT2D eigenvalue weighted by Crippen LogP contribution is -2.47. The van der Waals surface area contributed by atoms with Gasteiger partial charge in [0.05, 0.1) is 21.9 Å². The zero-order chi connectivity index (χ0) is 19.0. The molecular formula is C18H16N6O2S. The van der Waals surface area contributed by atoms with E-state index in [1.807, 2.05) is 11.0 Å². The van der Waals surface area contributed by atoms with Crippen LogP contribution < -0.4 is 9.80 Å². The van der Waals surface area contributed by atoms with Gasteiger partial charge in [-0.1, -0.05) is 0 Å². The van der Waals surface area contributed by atoms with Crippen LogP contribution in [0, 0.1) is 28.4 Å². The second-order valence-electron chi connectivity index (χ2n) is 6.32. The molecule has 0 bridgehead atoms. The van der Waals surface area contributed by atoms with Gasteiger partial charge in [-0.3, -0.25) is 10.1 Å². The summed E-state index contributed by atoms with van der Waals surface area (Å²) in [5.74, 6) is 0.915. The summed E-state index contributed by atoms with van der Waals surface area (Å²) in [5, 5.41) is 21.5. The SMILES string of the molecule is Cc1cc2c(N3CCN(c4ccc(C#N)cc4[N+](=O)[O-])CC3)ncnc2s1. The van der Waals surface area contributed by atoms with Gasteiger partial charge in [-0.15, -0.1) is 11.3 Å². The maximum atomic E-state index is 11.4. The Morgan fingerprint density at radius 2 is 1.93 bits per heavy atom. The van der Waals surface area contributed by atoms with Crippen LogP contribution in [-0.4, -0.2) is 41.1 Å². The van der Waals surface area contributed by atoms with E-state index in [4.69, 9.17) is 5.26 Å². The minimum absolute atomic E-state index is 0.0274. The number of aryl methyl sites for hydroxylation is 1. The van der Waals surface area contributed by atoms with Crippen LogP contribution in [0.1, 0.15) is 10.4 Å². The first-order chi connectivity index (χ1) is 13.1. The van der Waals surface area contributed by atoms with Crippen LogP contribution in [0.5, 0.6) is 0 Å². The van der Waals surface area contributed by atoms with E-state index in [0.29, 0.717) is 37.4 Å². The van der Waals surface area contributed by atoms with E-state index in [0.717, 1.165) is 16.0 Å². The number of nitrogens with zero attached hydrogens (tertiary/aromatic N) is 6.